The minimum atomic E-state index is -3.65. The van der Waals surface area contributed by atoms with Crippen molar-refractivity contribution in [3.63, 3.8) is 0 Å². The lowest BCUT2D eigenvalue weighted by Crippen LogP contribution is -2.39. The fourth-order valence-corrected chi connectivity index (χ4v) is 4.27. The van der Waals surface area contributed by atoms with Crippen molar-refractivity contribution in [1.29, 1.82) is 0 Å². The van der Waals surface area contributed by atoms with Gasteiger partial charge in [-0.25, -0.2) is 12.8 Å². The highest BCUT2D eigenvalue weighted by Gasteiger charge is 2.30. The van der Waals surface area contributed by atoms with Crippen molar-refractivity contribution < 1.29 is 17.9 Å². The van der Waals surface area contributed by atoms with Crippen LogP contribution >= 0.6 is 0 Å². The normalized spacial score (nSPS) is 23.5. The molecule has 118 valence electrons. The van der Waals surface area contributed by atoms with Gasteiger partial charge in [-0.05, 0) is 49.8 Å². The van der Waals surface area contributed by atoms with Gasteiger partial charge < -0.3 is 5.11 Å². The number of nitrogens with zero attached hydrogens (tertiary/aromatic N) is 1. The smallest absolute Gasteiger partial charge is 0.243 e. The monoisotopic (exact) mass is 315 g/mol. The molecule has 0 radical (unpaired) electrons. The highest BCUT2D eigenvalue weighted by atomic mass is 32.2. The molecular formula is C15H22FNO3S. The van der Waals surface area contributed by atoms with E-state index in [0.29, 0.717) is 5.92 Å². The fraction of sp³-hybridized carbons (Fsp3) is 0.600. The zero-order valence-electron chi connectivity index (χ0n) is 12.4. The molecule has 1 N–H and O–H groups in total. The van der Waals surface area contributed by atoms with E-state index in [1.807, 2.05) is 0 Å². The summed E-state index contributed by atoms with van der Waals surface area (Å²) < 4.78 is 40.0. The van der Waals surface area contributed by atoms with Crippen LogP contribution in [0.3, 0.4) is 0 Å². The van der Waals surface area contributed by atoms with Gasteiger partial charge in [-0.1, -0.05) is 6.92 Å². The third-order valence-electron chi connectivity index (χ3n) is 4.36. The first kappa shape index (κ1) is 16.4. The van der Waals surface area contributed by atoms with Crippen molar-refractivity contribution >= 4 is 10.0 Å². The molecule has 1 aromatic rings. The fourth-order valence-electron chi connectivity index (χ4n) is 2.80. The van der Waals surface area contributed by atoms with E-state index in [0.717, 1.165) is 31.7 Å². The molecule has 0 aliphatic heterocycles. The Kier molecular flexibility index (Phi) is 5.01. The highest BCUT2D eigenvalue weighted by molar-refractivity contribution is 7.89. The van der Waals surface area contributed by atoms with E-state index in [-0.39, 0.29) is 16.5 Å². The Balaban J connectivity index is 2.24. The molecule has 0 saturated heterocycles. The zero-order chi connectivity index (χ0) is 15.6. The van der Waals surface area contributed by atoms with Crippen LogP contribution in [0.5, 0.6) is 0 Å². The van der Waals surface area contributed by atoms with Gasteiger partial charge in [0, 0.05) is 18.7 Å². The lowest BCUT2D eigenvalue weighted by Gasteiger charge is -2.32. The number of hydrogen-bond donors (Lipinski definition) is 1. The summed E-state index contributed by atoms with van der Waals surface area (Å²) in [5.41, 5.74) is 0.00161. The van der Waals surface area contributed by atoms with Gasteiger partial charge in [0.2, 0.25) is 10.0 Å². The molecule has 1 aliphatic carbocycles. The van der Waals surface area contributed by atoms with Crippen molar-refractivity contribution in [3.05, 3.63) is 29.6 Å². The predicted octanol–water partition coefficient (Wildman–Crippen LogP) is 2.52. The molecule has 2 rings (SSSR count). The topological polar surface area (TPSA) is 57.6 Å². The maximum absolute atomic E-state index is 13.4. The van der Waals surface area contributed by atoms with Crippen LogP contribution in [0.2, 0.25) is 0 Å². The Hall–Kier alpha value is -0.980. The molecule has 0 bridgehead atoms. The zero-order valence-corrected chi connectivity index (χ0v) is 13.2. The molecule has 1 aromatic carbocycles. The molecule has 1 saturated carbocycles. The van der Waals surface area contributed by atoms with E-state index >= 15 is 0 Å². The Bertz CT molecular complexity index is 595. The number of hydrogen-bond acceptors (Lipinski definition) is 3. The third kappa shape index (κ3) is 3.44. The molecule has 21 heavy (non-hydrogen) atoms. The number of aliphatic hydroxyl groups is 1. The van der Waals surface area contributed by atoms with Crippen LogP contribution < -0.4 is 0 Å². The molecule has 4 nitrogen and oxygen atoms in total. The highest BCUT2D eigenvalue weighted by Crippen LogP contribution is 2.30. The van der Waals surface area contributed by atoms with Crippen molar-refractivity contribution in [2.24, 2.45) is 5.92 Å². The van der Waals surface area contributed by atoms with Gasteiger partial charge >= 0.3 is 0 Å². The second kappa shape index (κ2) is 6.42. The maximum Gasteiger partial charge on any atom is 0.243 e. The second-order valence-electron chi connectivity index (χ2n) is 5.85. The average Bonchev–Trinajstić information content (AvgIpc) is 2.47. The molecule has 0 unspecified atom stereocenters. The molecule has 0 spiro atoms. The van der Waals surface area contributed by atoms with Crippen LogP contribution in [-0.2, 0) is 16.6 Å². The van der Waals surface area contributed by atoms with Gasteiger partial charge in [0.05, 0.1) is 11.5 Å². The molecule has 0 heterocycles. The van der Waals surface area contributed by atoms with Crippen LogP contribution in [0, 0.1) is 11.7 Å². The van der Waals surface area contributed by atoms with Crippen LogP contribution in [0.25, 0.3) is 0 Å². The Morgan fingerprint density at radius 1 is 1.29 bits per heavy atom. The van der Waals surface area contributed by atoms with Crippen molar-refractivity contribution in [1.82, 2.24) is 4.31 Å². The lowest BCUT2D eigenvalue weighted by molar-refractivity contribution is 0.246. The summed E-state index contributed by atoms with van der Waals surface area (Å²) in [6.45, 7) is 1.66. The SMILES string of the molecule is CC1CCC(N(C)S(=O)(=O)c2ccc(F)c(CO)c2)CC1. The van der Waals surface area contributed by atoms with Gasteiger partial charge in [0.25, 0.3) is 0 Å². The summed E-state index contributed by atoms with van der Waals surface area (Å²) in [5.74, 6) is 0.0507. The van der Waals surface area contributed by atoms with Crippen molar-refractivity contribution in [2.45, 2.75) is 50.2 Å². The minimum absolute atomic E-state index is 0.00161. The number of aliphatic hydroxyl groups excluding tert-OH is 1. The lowest BCUT2D eigenvalue weighted by atomic mass is 9.87. The largest absolute Gasteiger partial charge is 0.392 e. The number of rotatable bonds is 4. The van der Waals surface area contributed by atoms with E-state index in [2.05, 4.69) is 6.92 Å². The first-order chi connectivity index (χ1) is 9.86. The minimum Gasteiger partial charge on any atom is -0.392 e. The summed E-state index contributed by atoms with van der Waals surface area (Å²) in [6.07, 6.45) is 3.75. The Morgan fingerprint density at radius 2 is 1.90 bits per heavy atom. The summed E-state index contributed by atoms with van der Waals surface area (Å²) in [6, 6.07) is 3.56. The van der Waals surface area contributed by atoms with Crippen LogP contribution in [0.4, 0.5) is 4.39 Å². The number of sulfonamides is 1. The first-order valence-electron chi connectivity index (χ1n) is 7.23. The quantitative estimate of drug-likeness (QED) is 0.929. The van der Waals surface area contributed by atoms with E-state index in [9.17, 15) is 12.8 Å². The molecule has 0 amide bonds. The molecule has 6 heteroatoms. The summed E-state index contributed by atoms with van der Waals surface area (Å²) in [4.78, 5) is 0.0362. The van der Waals surface area contributed by atoms with Gasteiger partial charge in [-0.3, -0.25) is 0 Å². The summed E-state index contributed by atoms with van der Waals surface area (Å²) >= 11 is 0. The van der Waals surface area contributed by atoms with Crippen LogP contribution in [-0.4, -0.2) is 30.9 Å². The van der Waals surface area contributed by atoms with Gasteiger partial charge in [0.15, 0.2) is 0 Å². The van der Waals surface area contributed by atoms with E-state index in [1.54, 1.807) is 7.05 Å². The molecule has 0 aromatic heterocycles. The second-order valence-corrected chi connectivity index (χ2v) is 7.84. The molecule has 0 atom stereocenters. The molecule has 1 aliphatic rings. The third-order valence-corrected chi connectivity index (χ3v) is 6.27. The average molecular weight is 315 g/mol. The van der Waals surface area contributed by atoms with Crippen molar-refractivity contribution in [3.8, 4) is 0 Å². The molecule has 1 fully saturated rings. The van der Waals surface area contributed by atoms with Gasteiger partial charge in [-0.2, -0.15) is 4.31 Å². The number of benzene rings is 1. The molecular weight excluding hydrogens is 293 g/mol. The van der Waals surface area contributed by atoms with Crippen LogP contribution in [0.15, 0.2) is 23.1 Å². The van der Waals surface area contributed by atoms with E-state index < -0.39 is 22.4 Å². The summed E-state index contributed by atoms with van der Waals surface area (Å²) in [7, 11) is -2.07. The predicted molar refractivity (Wildman–Crippen MR) is 78.7 cm³/mol. The Labute approximate surface area is 125 Å². The van der Waals surface area contributed by atoms with E-state index in [1.165, 1.54) is 16.4 Å². The van der Waals surface area contributed by atoms with E-state index in [4.69, 9.17) is 5.11 Å². The first-order valence-corrected chi connectivity index (χ1v) is 8.67. The van der Waals surface area contributed by atoms with Gasteiger partial charge in [-0.15, -0.1) is 0 Å². The van der Waals surface area contributed by atoms with Crippen molar-refractivity contribution in [2.75, 3.05) is 7.05 Å². The summed E-state index contributed by atoms with van der Waals surface area (Å²) in [5, 5.41) is 9.08. The van der Waals surface area contributed by atoms with Gasteiger partial charge in [0.1, 0.15) is 5.82 Å². The number of halogens is 1. The Morgan fingerprint density at radius 3 is 2.48 bits per heavy atom. The maximum atomic E-state index is 13.4. The van der Waals surface area contributed by atoms with Crippen LogP contribution in [0.1, 0.15) is 38.2 Å². The standard InChI is InChI=1S/C15H22FNO3S/c1-11-3-5-13(6-4-11)17(2)21(19,20)14-7-8-15(16)12(9-14)10-18/h7-9,11,13,18H,3-6,10H2,1-2H3.